The lowest BCUT2D eigenvalue weighted by atomic mass is 10.2. The lowest BCUT2D eigenvalue weighted by Gasteiger charge is -2.04. The summed E-state index contributed by atoms with van der Waals surface area (Å²) in [6.45, 7) is 0.454. The van der Waals surface area contributed by atoms with Gasteiger partial charge in [-0.15, -0.1) is 5.10 Å². The van der Waals surface area contributed by atoms with E-state index in [0.717, 1.165) is 5.56 Å². The second kappa shape index (κ2) is 6.46. The smallest absolute Gasteiger partial charge is 0.309 e. The van der Waals surface area contributed by atoms with Crippen LogP contribution < -0.4 is 5.32 Å². The van der Waals surface area contributed by atoms with Gasteiger partial charge in [0.05, 0.1) is 12.1 Å². The SMILES string of the molecule is O=C(O)Cc1cn(CC(=O)NCc2ccccc2)nn1. The number of amides is 1. The number of carboxylic acids is 1. The number of carbonyl (C=O) groups excluding carboxylic acids is 1. The Balaban J connectivity index is 1.82. The zero-order chi connectivity index (χ0) is 14.4. The first kappa shape index (κ1) is 13.7. The molecule has 2 rings (SSSR count). The van der Waals surface area contributed by atoms with E-state index in [9.17, 15) is 9.59 Å². The predicted molar refractivity (Wildman–Crippen MR) is 69.7 cm³/mol. The molecule has 7 nitrogen and oxygen atoms in total. The predicted octanol–water partition coefficient (Wildman–Crippen LogP) is 0.222. The standard InChI is InChI=1S/C13H14N4O3/c18-12(14-7-10-4-2-1-3-5-10)9-17-8-11(15-16-17)6-13(19)20/h1-5,8H,6-7,9H2,(H,14,18)(H,19,20). The van der Waals surface area contributed by atoms with Gasteiger partial charge in [-0.3, -0.25) is 9.59 Å². The highest BCUT2D eigenvalue weighted by Gasteiger charge is 2.08. The van der Waals surface area contributed by atoms with E-state index in [0.29, 0.717) is 12.2 Å². The van der Waals surface area contributed by atoms with E-state index in [2.05, 4.69) is 15.6 Å². The van der Waals surface area contributed by atoms with E-state index in [1.54, 1.807) is 0 Å². The Labute approximate surface area is 115 Å². The Morgan fingerprint density at radius 3 is 2.70 bits per heavy atom. The molecule has 1 aromatic carbocycles. The van der Waals surface area contributed by atoms with Crippen LogP contribution in [-0.4, -0.2) is 32.0 Å². The van der Waals surface area contributed by atoms with E-state index >= 15 is 0 Å². The molecular weight excluding hydrogens is 260 g/mol. The van der Waals surface area contributed by atoms with Crippen LogP contribution >= 0.6 is 0 Å². The van der Waals surface area contributed by atoms with Crippen molar-refractivity contribution < 1.29 is 14.7 Å². The van der Waals surface area contributed by atoms with Crippen LogP contribution in [0.5, 0.6) is 0 Å². The molecule has 104 valence electrons. The third kappa shape index (κ3) is 4.20. The van der Waals surface area contributed by atoms with Gasteiger partial charge in [0.2, 0.25) is 5.91 Å². The van der Waals surface area contributed by atoms with E-state index < -0.39 is 5.97 Å². The van der Waals surface area contributed by atoms with Gasteiger partial charge in [-0.05, 0) is 5.56 Å². The average Bonchev–Trinajstić information content (AvgIpc) is 2.84. The Morgan fingerprint density at radius 1 is 1.25 bits per heavy atom. The molecule has 0 radical (unpaired) electrons. The van der Waals surface area contributed by atoms with Gasteiger partial charge in [0.25, 0.3) is 0 Å². The van der Waals surface area contributed by atoms with E-state index in [4.69, 9.17) is 5.11 Å². The number of aromatic nitrogens is 3. The molecule has 0 fully saturated rings. The van der Waals surface area contributed by atoms with Gasteiger partial charge in [-0.2, -0.15) is 0 Å². The molecule has 1 aromatic heterocycles. The van der Waals surface area contributed by atoms with Gasteiger partial charge < -0.3 is 10.4 Å². The lowest BCUT2D eigenvalue weighted by Crippen LogP contribution is -2.27. The molecule has 20 heavy (non-hydrogen) atoms. The van der Waals surface area contributed by atoms with Gasteiger partial charge >= 0.3 is 5.97 Å². The highest BCUT2D eigenvalue weighted by atomic mass is 16.4. The van der Waals surface area contributed by atoms with Crippen LogP contribution in [0.1, 0.15) is 11.3 Å². The molecule has 1 amide bonds. The van der Waals surface area contributed by atoms with Crippen molar-refractivity contribution in [3.05, 3.63) is 47.8 Å². The molecule has 0 bridgehead atoms. The van der Waals surface area contributed by atoms with Crippen LogP contribution in [0.25, 0.3) is 0 Å². The third-order valence-corrected chi connectivity index (χ3v) is 2.56. The minimum Gasteiger partial charge on any atom is -0.481 e. The molecule has 0 spiro atoms. The summed E-state index contributed by atoms with van der Waals surface area (Å²) in [5.74, 6) is -1.19. The fourth-order valence-corrected chi connectivity index (χ4v) is 1.65. The normalized spacial score (nSPS) is 10.2. The summed E-state index contributed by atoms with van der Waals surface area (Å²) in [6, 6.07) is 9.54. The lowest BCUT2D eigenvalue weighted by molar-refractivity contribution is -0.136. The largest absolute Gasteiger partial charge is 0.481 e. The van der Waals surface area contributed by atoms with Gasteiger partial charge in [0.1, 0.15) is 6.54 Å². The first-order valence-corrected chi connectivity index (χ1v) is 6.05. The van der Waals surface area contributed by atoms with Crippen LogP contribution in [0.3, 0.4) is 0 Å². The van der Waals surface area contributed by atoms with Crippen molar-refractivity contribution in [1.29, 1.82) is 0 Å². The number of rotatable bonds is 6. The van der Waals surface area contributed by atoms with Gasteiger partial charge in [0.15, 0.2) is 0 Å². The highest BCUT2D eigenvalue weighted by Crippen LogP contribution is 1.98. The number of hydrogen-bond donors (Lipinski definition) is 2. The van der Waals surface area contributed by atoms with Crippen molar-refractivity contribution in [2.75, 3.05) is 0 Å². The minimum atomic E-state index is -0.981. The molecule has 2 N–H and O–H groups in total. The van der Waals surface area contributed by atoms with Crippen molar-refractivity contribution in [1.82, 2.24) is 20.3 Å². The number of carboxylic acid groups (broad SMARTS) is 1. The van der Waals surface area contributed by atoms with Crippen LogP contribution in [0.2, 0.25) is 0 Å². The quantitative estimate of drug-likeness (QED) is 0.785. The molecule has 0 unspecified atom stereocenters. The van der Waals surface area contributed by atoms with Crippen molar-refractivity contribution in [2.45, 2.75) is 19.5 Å². The monoisotopic (exact) mass is 274 g/mol. The fraction of sp³-hybridized carbons (Fsp3) is 0.231. The van der Waals surface area contributed by atoms with E-state index in [1.807, 2.05) is 30.3 Å². The molecule has 0 atom stereocenters. The number of hydrogen-bond acceptors (Lipinski definition) is 4. The summed E-state index contributed by atoms with van der Waals surface area (Å²) in [6.07, 6.45) is 1.25. The molecule has 0 saturated heterocycles. The maximum absolute atomic E-state index is 11.7. The highest BCUT2D eigenvalue weighted by molar-refractivity contribution is 5.75. The first-order valence-electron chi connectivity index (χ1n) is 6.05. The van der Waals surface area contributed by atoms with Crippen molar-refractivity contribution >= 4 is 11.9 Å². The topological polar surface area (TPSA) is 97.1 Å². The minimum absolute atomic E-state index is 0.0133. The maximum Gasteiger partial charge on any atom is 0.309 e. The second-order valence-electron chi connectivity index (χ2n) is 4.24. The molecule has 1 heterocycles. The fourth-order valence-electron chi connectivity index (χ4n) is 1.65. The summed E-state index contributed by atoms with van der Waals surface area (Å²) >= 11 is 0. The zero-order valence-electron chi connectivity index (χ0n) is 10.7. The first-order chi connectivity index (χ1) is 9.63. The van der Waals surface area contributed by atoms with Crippen LogP contribution in [0.15, 0.2) is 36.5 Å². The average molecular weight is 274 g/mol. The van der Waals surface area contributed by atoms with Crippen LogP contribution in [0, 0.1) is 0 Å². The number of carbonyl (C=O) groups is 2. The molecule has 0 aliphatic rings. The van der Waals surface area contributed by atoms with E-state index in [1.165, 1.54) is 10.9 Å². The summed E-state index contributed by atoms with van der Waals surface area (Å²) < 4.78 is 1.32. The van der Waals surface area contributed by atoms with Gasteiger partial charge in [-0.25, -0.2) is 4.68 Å². The Kier molecular flexibility index (Phi) is 4.43. The van der Waals surface area contributed by atoms with Crippen molar-refractivity contribution in [3.63, 3.8) is 0 Å². The molecule has 0 aliphatic carbocycles. The molecular formula is C13H14N4O3. The number of nitrogens with one attached hydrogen (secondary N) is 1. The number of aliphatic carboxylic acids is 1. The maximum atomic E-state index is 11.7. The summed E-state index contributed by atoms with van der Waals surface area (Å²) in [4.78, 5) is 22.2. The van der Waals surface area contributed by atoms with E-state index in [-0.39, 0.29) is 18.9 Å². The molecule has 7 heteroatoms. The number of benzene rings is 1. The van der Waals surface area contributed by atoms with Gasteiger partial charge in [0, 0.05) is 12.7 Å². The zero-order valence-corrected chi connectivity index (χ0v) is 10.7. The van der Waals surface area contributed by atoms with Gasteiger partial charge in [-0.1, -0.05) is 35.5 Å². The van der Waals surface area contributed by atoms with Crippen LogP contribution in [0.4, 0.5) is 0 Å². The molecule has 0 saturated carbocycles. The Bertz CT molecular complexity index is 595. The van der Waals surface area contributed by atoms with Crippen molar-refractivity contribution in [2.24, 2.45) is 0 Å². The number of nitrogens with zero attached hydrogens (tertiary/aromatic N) is 3. The summed E-state index contributed by atoms with van der Waals surface area (Å²) in [5, 5.41) is 18.8. The second-order valence-corrected chi connectivity index (χ2v) is 4.24. The van der Waals surface area contributed by atoms with Crippen LogP contribution in [-0.2, 0) is 29.1 Å². The third-order valence-electron chi connectivity index (χ3n) is 2.56. The van der Waals surface area contributed by atoms with Crippen molar-refractivity contribution in [3.8, 4) is 0 Å². The molecule has 0 aliphatic heterocycles. The Morgan fingerprint density at radius 2 is 2.00 bits per heavy atom. The summed E-state index contributed by atoms with van der Waals surface area (Å²) in [7, 11) is 0. The Hall–Kier alpha value is -2.70. The summed E-state index contributed by atoms with van der Waals surface area (Å²) in [5.41, 5.74) is 1.33. The molecule has 2 aromatic rings.